The maximum atomic E-state index is 13.3. The Kier molecular flexibility index (Phi) is 3.05. The summed E-state index contributed by atoms with van der Waals surface area (Å²) in [5.74, 6) is 0.380. The number of carbonyl (C=O) groups excluding carboxylic acids is 1. The minimum atomic E-state index is -1.39. The lowest BCUT2D eigenvalue weighted by Crippen LogP contribution is -2.64. The normalized spacial score (nSPS) is 54.9. The molecule has 6 rings (SSSR count). The molecule has 6 heteroatoms. The molecule has 1 aliphatic heterocycles. The molecule has 1 amide bonds. The molecule has 6 aliphatic rings. The van der Waals surface area contributed by atoms with E-state index in [-0.39, 0.29) is 29.6 Å². The van der Waals surface area contributed by atoms with E-state index in [9.17, 15) is 15.2 Å². The van der Waals surface area contributed by atoms with Crippen LogP contribution in [0.1, 0.15) is 54.1 Å². The van der Waals surface area contributed by atoms with Crippen LogP contribution in [0.5, 0.6) is 0 Å². The van der Waals surface area contributed by atoms with E-state index in [2.05, 4.69) is 6.07 Å². The van der Waals surface area contributed by atoms with E-state index in [4.69, 9.17) is 8.48 Å². The minimum Gasteiger partial charge on any atom is -0.390 e. The number of amides is 1. The summed E-state index contributed by atoms with van der Waals surface area (Å²) in [7, 11) is 0. The smallest absolute Gasteiger partial charge is 0.241 e. The summed E-state index contributed by atoms with van der Waals surface area (Å²) in [5, 5.41) is 20.3. The number of halogens is 1. The third-order valence-corrected chi connectivity index (χ3v) is 7.17. The van der Waals surface area contributed by atoms with Crippen LogP contribution in [0.3, 0.4) is 0 Å². The average Bonchev–Trinajstić information content (AvgIpc) is 2.89. The van der Waals surface area contributed by atoms with Crippen LogP contribution in [-0.2, 0) is 4.79 Å². The number of nitrogens with two attached hydrogens (primary N) is 1. The van der Waals surface area contributed by atoms with Gasteiger partial charge in [0.05, 0.1) is 17.7 Å². The molecule has 0 radical (unpaired) electrons. The number of rotatable bonds is 2. The molecule has 24 heavy (non-hydrogen) atoms. The van der Waals surface area contributed by atoms with Gasteiger partial charge in [0.1, 0.15) is 6.04 Å². The highest BCUT2D eigenvalue weighted by Gasteiger charge is 2.62. The predicted octanol–water partition coefficient (Wildman–Crippen LogP) is 1.58. The van der Waals surface area contributed by atoms with Gasteiger partial charge in [-0.25, -0.2) is 0 Å². The van der Waals surface area contributed by atoms with Gasteiger partial charge in [-0.3, -0.25) is 4.79 Å². The van der Waals surface area contributed by atoms with Crippen molar-refractivity contribution in [2.24, 2.45) is 28.9 Å². The Morgan fingerprint density at radius 1 is 1.33 bits per heavy atom. The Hall–Kier alpha value is -0.830. The summed E-state index contributed by atoms with van der Waals surface area (Å²) >= 11 is 0. The molecule has 5 nitrogen and oxygen atoms in total. The van der Waals surface area contributed by atoms with E-state index in [1.807, 2.05) is 0 Å². The second-order valence-corrected chi connectivity index (χ2v) is 8.87. The summed E-state index contributed by atoms with van der Waals surface area (Å²) < 4.78 is 16.1. The van der Waals surface area contributed by atoms with Crippen LogP contribution >= 0.6 is 12.4 Å². The molecule has 5 saturated carbocycles. The molecular weight excluding hydrogens is 326 g/mol. The van der Waals surface area contributed by atoms with Gasteiger partial charge >= 0.3 is 0 Å². The third kappa shape index (κ3) is 2.16. The highest BCUT2D eigenvalue weighted by atomic mass is 35.5. The van der Waals surface area contributed by atoms with Crippen LogP contribution < -0.4 is 5.73 Å². The number of aliphatic hydroxyl groups is 1. The van der Waals surface area contributed by atoms with Gasteiger partial charge in [-0.2, -0.15) is 5.26 Å². The molecule has 6 fully saturated rings. The number of carbonyl (C=O) groups is 1. The van der Waals surface area contributed by atoms with Crippen LogP contribution in [-0.4, -0.2) is 39.6 Å². The zero-order chi connectivity index (χ0) is 17.8. The van der Waals surface area contributed by atoms with Crippen LogP contribution in [0.25, 0.3) is 0 Å². The SMILES string of the molecule is Cl.[2H]C1([2H])[C@H]2C[C@@H](C#N)N(C(=O)[C@@H](N)C34CC5CC(CC(O)(C5)C3)C4)[C@H]21. The quantitative estimate of drug-likeness (QED) is 0.788. The summed E-state index contributed by atoms with van der Waals surface area (Å²) in [6.45, 7) is 0. The third-order valence-electron chi connectivity index (χ3n) is 7.17. The van der Waals surface area contributed by atoms with Crippen LogP contribution in [0.15, 0.2) is 0 Å². The van der Waals surface area contributed by atoms with Crippen LogP contribution in [0.4, 0.5) is 0 Å². The lowest BCUT2D eigenvalue weighted by Gasteiger charge is -2.61. The summed E-state index contributed by atoms with van der Waals surface area (Å²) in [4.78, 5) is 14.7. The van der Waals surface area contributed by atoms with Gasteiger partial charge in [0, 0.05) is 8.78 Å². The Balaban J connectivity index is 0.00000168. The van der Waals surface area contributed by atoms with E-state index in [1.54, 1.807) is 0 Å². The molecule has 0 spiro atoms. The molecule has 3 N–H and O–H groups in total. The van der Waals surface area contributed by atoms with Crippen molar-refractivity contribution >= 4 is 18.3 Å². The van der Waals surface area contributed by atoms with Gasteiger partial charge in [0.15, 0.2) is 0 Å². The topological polar surface area (TPSA) is 90.4 Å². The molecule has 6 atom stereocenters. The average molecular weight is 354 g/mol. The van der Waals surface area contributed by atoms with E-state index in [0.29, 0.717) is 24.7 Å². The lowest BCUT2D eigenvalue weighted by molar-refractivity contribution is -0.177. The van der Waals surface area contributed by atoms with Gasteiger partial charge in [-0.1, -0.05) is 0 Å². The molecule has 1 saturated heterocycles. The largest absolute Gasteiger partial charge is 0.390 e. The molecule has 1 heterocycles. The van der Waals surface area contributed by atoms with Crippen molar-refractivity contribution in [3.63, 3.8) is 0 Å². The van der Waals surface area contributed by atoms with Gasteiger partial charge in [0.25, 0.3) is 0 Å². The van der Waals surface area contributed by atoms with Gasteiger partial charge < -0.3 is 15.7 Å². The minimum absolute atomic E-state index is 0. The fourth-order valence-corrected chi connectivity index (χ4v) is 6.66. The maximum Gasteiger partial charge on any atom is 0.241 e. The van der Waals surface area contributed by atoms with Crippen LogP contribution in [0, 0.1) is 34.5 Å². The van der Waals surface area contributed by atoms with Gasteiger partial charge in [-0.15, -0.1) is 12.4 Å². The highest BCUT2D eigenvalue weighted by Crippen LogP contribution is 2.63. The van der Waals surface area contributed by atoms with E-state index < -0.39 is 30.1 Å². The van der Waals surface area contributed by atoms with E-state index >= 15 is 0 Å². The van der Waals surface area contributed by atoms with E-state index in [1.165, 1.54) is 4.90 Å². The first-order valence-corrected chi connectivity index (χ1v) is 8.89. The van der Waals surface area contributed by atoms with E-state index in [0.717, 1.165) is 32.1 Å². The highest BCUT2D eigenvalue weighted by molar-refractivity contribution is 5.85. The summed E-state index contributed by atoms with van der Waals surface area (Å²) in [5.41, 5.74) is 5.45. The van der Waals surface area contributed by atoms with Crippen molar-refractivity contribution in [3.8, 4) is 6.07 Å². The number of likely N-dealkylation sites (tertiary alicyclic amines) is 1. The molecule has 4 bridgehead atoms. The zero-order valence-corrected chi connectivity index (χ0v) is 14.5. The first-order chi connectivity index (χ1) is 11.7. The molecule has 5 aliphatic carbocycles. The molecule has 0 aromatic rings. The number of fused-ring (bicyclic) bond motifs is 1. The number of nitrogens with zero attached hydrogens (tertiary/aromatic N) is 2. The van der Waals surface area contributed by atoms with Crippen molar-refractivity contribution in [1.29, 1.82) is 5.26 Å². The summed E-state index contributed by atoms with van der Waals surface area (Å²) in [6.07, 6.45) is 4.13. The number of hydrogen-bond acceptors (Lipinski definition) is 4. The Labute approximate surface area is 151 Å². The first kappa shape index (κ1) is 14.4. The predicted molar refractivity (Wildman–Crippen MR) is 90.0 cm³/mol. The van der Waals surface area contributed by atoms with Crippen molar-refractivity contribution < 1.29 is 12.6 Å². The van der Waals surface area contributed by atoms with Crippen molar-refractivity contribution in [2.75, 3.05) is 0 Å². The molecular formula is C18H26ClN3O2. The lowest BCUT2D eigenvalue weighted by atomic mass is 9.46. The molecule has 132 valence electrons. The standard InChI is InChI=1S/C18H25N3O2.ClH/c19-8-13-2-12-3-14(12)21(13)16(22)15(20)17-4-10-1-11(5-17)7-18(23,6-10)9-17;/h10-15,23H,1-7,9,20H2;1H/t10?,11?,12-,13+,14+,15-,17?,18?;/m1./s1/i3D2;. The van der Waals surface area contributed by atoms with Crippen molar-refractivity contribution in [2.45, 2.75) is 75.0 Å². The molecule has 2 unspecified atom stereocenters. The van der Waals surface area contributed by atoms with Crippen LogP contribution in [0.2, 0.25) is 0 Å². The Bertz CT molecular complexity index is 682. The zero-order valence-electron chi connectivity index (χ0n) is 15.6. The molecule has 0 aromatic heterocycles. The Morgan fingerprint density at radius 3 is 2.58 bits per heavy atom. The monoisotopic (exact) mass is 353 g/mol. The summed E-state index contributed by atoms with van der Waals surface area (Å²) in [6, 6.07) is 0.370. The number of hydrogen-bond donors (Lipinski definition) is 2. The Morgan fingerprint density at radius 2 is 2.00 bits per heavy atom. The van der Waals surface area contributed by atoms with Gasteiger partial charge in [-0.05, 0) is 74.5 Å². The second kappa shape index (κ2) is 5.09. The van der Waals surface area contributed by atoms with Crippen molar-refractivity contribution in [1.82, 2.24) is 4.90 Å². The van der Waals surface area contributed by atoms with Crippen molar-refractivity contribution in [3.05, 3.63) is 0 Å². The number of nitriles is 1. The second-order valence-electron chi connectivity index (χ2n) is 8.87. The molecule has 0 aromatic carbocycles. The first-order valence-electron chi connectivity index (χ1n) is 9.89. The van der Waals surface area contributed by atoms with Gasteiger partial charge in [0.2, 0.25) is 5.91 Å². The fraction of sp³-hybridized carbons (Fsp3) is 0.889. The number of piperidine rings is 1. The fourth-order valence-electron chi connectivity index (χ4n) is 6.66. The maximum absolute atomic E-state index is 13.3.